The number of aliphatic hydroxyl groups excluding tert-OH is 1. The maximum Gasteiger partial charge on any atom is 0.339 e. The molecule has 0 saturated carbocycles. The van der Waals surface area contributed by atoms with Crippen LogP contribution in [0.1, 0.15) is 27.6 Å². The molecule has 0 aliphatic rings. The molecule has 0 unspecified atom stereocenters. The van der Waals surface area contributed by atoms with E-state index in [1.165, 1.54) is 25.3 Å². The molecule has 0 spiro atoms. The summed E-state index contributed by atoms with van der Waals surface area (Å²) in [7, 11) is 2.35. The van der Waals surface area contributed by atoms with E-state index in [9.17, 15) is 19.2 Å². The highest BCUT2D eigenvalue weighted by Gasteiger charge is 2.23. The standard InChI is InChI=1S/C16H20N2O7/c1-4-18(7-8-19)14(21)13(20)17-12-9-10(15(22)24-2)5-6-11(12)16(23)25-3/h5-6,9,19H,4,7-8H2,1-3H3,(H,17,20). The SMILES string of the molecule is CCN(CCO)C(=O)C(=O)Nc1cc(C(=O)OC)ccc1C(=O)OC. The fourth-order valence-electron chi connectivity index (χ4n) is 2.02. The number of benzene rings is 1. The third-order valence-corrected chi connectivity index (χ3v) is 3.33. The predicted octanol–water partition coefficient (Wildman–Crippen LogP) is 0.0391. The number of hydrogen-bond donors (Lipinski definition) is 2. The number of ether oxygens (including phenoxy) is 2. The van der Waals surface area contributed by atoms with Gasteiger partial charge in [-0.05, 0) is 25.1 Å². The van der Waals surface area contributed by atoms with Crippen LogP contribution in [0, 0.1) is 0 Å². The zero-order valence-corrected chi connectivity index (χ0v) is 14.2. The summed E-state index contributed by atoms with van der Waals surface area (Å²) in [5.41, 5.74) is -0.00438. The zero-order valence-electron chi connectivity index (χ0n) is 14.2. The lowest BCUT2D eigenvalue weighted by Crippen LogP contribution is -2.41. The number of esters is 2. The number of anilines is 1. The van der Waals surface area contributed by atoms with Crippen molar-refractivity contribution in [3.05, 3.63) is 29.3 Å². The van der Waals surface area contributed by atoms with Gasteiger partial charge >= 0.3 is 23.8 Å². The molecule has 0 aliphatic carbocycles. The van der Waals surface area contributed by atoms with Gasteiger partial charge in [-0.25, -0.2) is 9.59 Å². The Labute approximate surface area is 144 Å². The molecule has 2 amide bonds. The summed E-state index contributed by atoms with van der Waals surface area (Å²) in [5, 5.41) is 11.2. The van der Waals surface area contributed by atoms with Crippen molar-refractivity contribution in [3.8, 4) is 0 Å². The molecule has 0 bridgehead atoms. The Balaban J connectivity index is 3.15. The first kappa shape index (κ1) is 20.1. The summed E-state index contributed by atoms with van der Waals surface area (Å²) in [6.07, 6.45) is 0. The second-order valence-electron chi connectivity index (χ2n) is 4.81. The van der Waals surface area contributed by atoms with E-state index in [1.54, 1.807) is 6.92 Å². The second kappa shape index (κ2) is 9.38. The number of amides is 2. The van der Waals surface area contributed by atoms with Gasteiger partial charge in [-0.15, -0.1) is 0 Å². The van der Waals surface area contributed by atoms with Crippen molar-refractivity contribution < 1.29 is 33.8 Å². The van der Waals surface area contributed by atoms with Gasteiger partial charge < -0.3 is 24.8 Å². The molecule has 0 aromatic heterocycles. The lowest BCUT2D eigenvalue weighted by Gasteiger charge is -2.19. The van der Waals surface area contributed by atoms with E-state index in [0.29, 0.717) is 0 Å². The van der Waals surface area contributed by atoms with E-state index >= 15 is 0 Å². The van der Waals surface area contributed by atoms with Crippen LogP contribution in [0.25, 0.3) is 0 Å². The Bertz CT molecular complexity index is 672. The molecule has 0 atom stereocenters. The quantitative estimate of drug-likeness (QED) is 0.547. The Kier molecular flexibility index (Phi) is 7.54. The summed E-state index contributed by atoms with van der Waals surface area (Å²) >= 11 is 0. The van der Waals surface area contributed by atoms with Gasteiger partial charge in [0.1, 0.15) is 0 Å². The molecule has 0 heterocycles. The first-order valence-electron chi connectivity index (χ1n) is 7.41. The van der Waals surface area contributed by atoms with Gasteiger partial charge in [0.25, 0.3) is 0 Å². The molecule has 25 heavy (non-hydrogen) atoms. The van der Waals surface area contributed by atoms with Gasteiger partial charge in [-0.3, -0.25) is 9.59 Å². The minimum absolute atomic E-state index is 0.00515. The maximum absolute atomic E-state index is 12.1. The molecule has 0 aliphatic heterocycles. The summed E-state index contributed by atoms with van der Waals surface area (Å²) in [5.74, 6) is -3.31. The topological polar surface area (TPSA) is 122 Å². The number of carbonyl (C=O) groups excluding carboxylic acids is 4. The number of likely N-dealkylation sites (N-methyl/N-ethyl adjacent to an activating group) is 1. The van der Waals surface area contributed by atoms with E-state index in [2.05, 4.69) is 14.8 Å². The molecule has 2 N–H and O–H groups in total. The largest absolute Gasteiger partial charge is 0.465 e. The fraction of sp³-hybridized carbons (Fsp3) is 0.375. The van der Waals surface area contributed by atoms with E-state index in [1.807, 2.05) is 0 Å². The van der Waals surface area contributed by atoms with Crippen molar-refractivity contribution in [2.75, 3.05) is 39.2 Å². The normalized spacial score (nSPS) is 9.92. The molecule has 136 valence electrons. The van der Waals surface area contributed by atoms with Crippen LogP contribution in [-0.4, -0.2) is 67.7 Å². The smallest absolute Gasteiger partial charge is 0.339 e. The Morgan fingerprint density at radius 3 is 2.28 bits per heavy atom. The summed E-state index contributed by atoms with van der Waals surface area (Å²) in [4.78, 5) is 48.8. The number of nitrogens with zero attached hydrogens (tertiary/aromatic N) is 1. The van der Waals surface area contributed by atoms with Crippen LogP contribution in [0.5, 0.6) is 0 Å². The average molecular weight is 352 g/mol. The maximum atomic E-state index is 12.1. The number of nitrogens with one attached hydrogen (secondary N) is 1. The molecule has 9 nitrogen and oxygen atoms in total. The van der Waals surface area contributed by atoms with E-state index in [4.69, 9.17) is 5.11 Å². The van der Waals surface area contributed by atoms with Gasteiger partial charge in [0, 0.05) is 13.1 Å². The summed E-state index contributed by atoms with van der Waals surface area (Å²) in [6, 6.07) is 3.83. The minimum Gasteiger partial charge on any atom is -0.465 e. The zero-order chi connectivity index (χ0) is 19.0. The van der Waals surface area contributed by atoms with Crippen LogP contribution in [-0.2, 0) is 19.1 Å². The van der Waals surface area contributed by atoms with Crippen molar-refractivity contribution in [1.29, 1.82) is 0 Å². The van der Waals surface area contributed by atoms with Crippen molar-refractivity contribution >= 4 is 29.4 Å². The van der Waals surface area contributed by atoms with Gasteiger partial charge in [0.2, 0.25) is 0 Å². The lowest BCUT2D eigenvalue weighted by atomic mass is 10.1. The average Bonchev–Trinajstić information content (AvgIpc) is 2.63. The molecule has 9 heteroatoms. The fourth-order valence-corrected chi connectivity index (χ4v) is 2.02. The van der Waals surface area contributed by atoms with Crippen molar-refractivity contribution in [3.63, 3.8) is 0 Å². The van der Waals surface area contributed by atoms with Crippen LogP contribution in [0.15, 0.2) is 18.2 Å². The lowest BCUT2D eigenvalue weighted by molar-refractivity contribution is -0.143. The molecule has 0 fully saturated rings. The van der Waals surface area contributed by atoms with Crippen molar-refractivity contribution in [1.82, 2.24) is 4.90 Å². The van der Waals surface area contributed by atoms with Crippen LogP contribution >= 0.6 is 0 Å². The van der Waals surface area contributed by atoms with Crippen LogP contribution in [0.3, 0.4) is 0 Å². The molecule has 1 rings (SSSR count). The molecular weight excluding hydrogens is 332 g/mol. The molecular formula is C16H20N2O7. The van der Waals surface area contributed by atoms with E-state index in [0.717, 1.165) is 12.0 Å². The Hall–Kier alpha value is -2.94. The molecule has 0 radical (unpaired) electrons. The number of rotatable bonds is 6. The highest BCUT2D eigenvalue weighted by molar-refractivity contribution is 6.39. The Morgan fingerprint density at radius 1 is 1.12 bits per heavy atom. The van der Waals surface area contributed by atoms with Crippen LogP contribution in [0.2, 0.25) is 0 Å². The van der Waals surface area contributed by atoms with Crippen molar-refractivity contribution in [2.24, 2.45) is 0 Å². The summed E-state index contributed by atoms with van der Waals surface area (Å²) < 4.78 is 9.21. The third kappa shape index (κ3) is 5.01. The predicted molar refractivity (Wildman–Crippen MR) is 87.1 cm³/mol. The number of carbonyl (C=O) groups is 4. The molecule has 1 aromatic rings. The van der Waals surface area contributed by atoms with Gasteiger partial charge in [-0.2, -0.15) is 0 Å². The number of aliphatic hydroxyl groups is 1. The third-order valence-electron chi connectivity index (χ3n) is 3.33. The van der Waals surface area contributed by atoms with Gasteiger partial charge in [0.05, 0.1) is 37.6 Å². The molecule has 1 aromatic carbocycles. The van der Waals surface area contributed by atoms with Crippen LogP contribution < -0.4 is 5.32 Å². The highest BCUT2D eigenvalue weighted by atomic mass is 16.5. The molecule has 0 saturated heterocycles. The monoisotopic (exact) mass is 352 g/mol. The van der Waals surface area contributed by atoms with Crippen LogP contribution in [0.4, 0.5) is 5.69 Å². The highest BCUT2D eigenvalue weighted by Crippen LogP contribution is 2.20. The van der Waals surface area contributed by atoms with Gasteiger partial charge in [0.15, 0.2) is 0 Å². The summed E-state index contributed by atoms with van der Waals surface area (Å²) in [6.45, 7) is 1.57. The number of hydrogen-bond acceptors (Lipinski definition) is 7. The number of methoxy groups -OCH3 is 2. The first-order valence-corrected chi connectivity index (χ1v) is 7.41. The van der Waals surface area contributed by atoms with Gasteiger partial charge in [-0.1, -0.05) is 0 Å². The van der Waals surface area contributed by atoms with E-state index in [-0.39, 0.29) is 36.5 Å². The second-order valence-corrected chi connectivity index (χ2v) is 4.81. The van der Waals surface area contributed by atoms with E-state index < -0.39 is 23.8 Å². The first-order chi connectivity index (χ1) is 11.9. The Morgan fingerprint density at radius 2 is 1.76 bits per heavy atom. The van der Waals surface area contributed by atoms with Crippen molar-refractivity contribution in [2.45, 2.75) is 6.92 Å². The minimum atomic E-state index is -1.01.